The molecule has 0 N–H and O–H groups in total. The molecule has 2 heterocycles. The van der Waals surface area contributed by atoms with Crippen LogP contribution in [0.5, 0.6) is 5.88 Å². The molecule has 0 saturated carbocycles. The fraction of sp³-hybridized carbons (Fsp3) is 0.190. The molecule has 0 aliphatic carbocycles. The summed E-state index contributed by atoms with van der Waals surface area (Å²) in [7, 11) is 0. The van der Waals surface area contributed by atoms with E-state index in [9.17, 15) is 4.79 Å². The van der Waals surface area contributed by atoms with E-state index in [0.29, 0.717) is 28.9 Å². The number of fused-ring (bicyclic) bond motifs is 1. The standard InChI is InChI=1S/C21H19ClN4O4/c1-3-29-25-13-23-19-20(25)30-21(24-26(19)17-10-4-14(2)5-11-17)28-12-18(27)15-6-8-16(22)9-7-15/h4-11,13H,3,12H2,1-2H3. The summed E-state index contributed by atoms with van der Waals surface area (Å²) in [6.45, 7) is 4.02. The van der Waals surface area contributed by atoms with Crippen molar-refractivity contribution in [2.24, 2.45) is 5.10 Å². The smallest absolute Gasteiger partial charge is 0.414 e. The molecule has 8 nitrogen and oxygen atoms in total. The van der Waals surface area contributed by atoms with Gasteiger partial charge in [0.25, 0.3) is 5.88 Å². The molecule has 0 fully saturated rings. The SMILES string of the molecule is CCOn1cnc2c1OC(OCC(=O)c1ccc(Cl)cc1)=NN2c1ccc(C)cc1. The first-order chi connectivity index (χ1) is 14.5. The molecule has 0 unspecified atom stereocenters. The maximum atomic E-state index is 12.4. The Morgan fingerprint density at radius 3 is 2.57 bits per heavy atom. The van der Waals surface area contributed by atoms with Crippen LogP contribution in [0.4, 0.5) is 11.5 Å². The number of Topliss-reactive ketones (excluding diaryl/α,β-unsaturated/α-hetero) is 1. The van der Waals surface area contributed by atoms with E-state index in [1.165, 1.54) is 11.1 Å². The number of ketones is 1. The molecule has 0 spiro atoms. The number of halogens is 1. The molecule has 0 saturated heterocycles. The molecule has 0 radical (unpaired) electrons. The van der Waals surface area contributed by atoms with Gasteiger partial charge in [-0.2, -0.15) is 0 Å². The van der Waals surface area contributed by atoms with Gasteiger partial charge in [0.1, 0.15) is 12.9 Å². The molecule has 1 aromatic heterocycles. The van der Waals surface area contributed by atoms with Crippen molar-refractivity contribution in [1.29, 1.82) is 0 Å². The Kier molecular flexibility index (Phi) is 5.58. The number of rotatable bonds is 6. The number of carbonyl (C=O) groups is 1. The van der Waals surface area contributed by atoms with E-state index in [4.69, 9.17) is 25.9 Å². The van der Waals surface area contributed by atoms with Gasteiger partial charge in [-0.3, -0.25) is 4.79 Å². The Hall–Kier alpha value is -3.52. The van der Waals surface area contributed by atoms with Crippen LogP contribution in [-0.4, -0.2) is 34.8 Å². The van der Waals surface area contributed by atoms with Crippen LogP contribution in [0.25, 0.3) is 0 Å². The van der Waals surface area contributed by atoms with Gasteiger partial charge in [-0.25, -0.2) is 9.99 Å². The van der Waals surface area contributed by atoms with Crippen molar-refractivity contribution < 1.29 is 19.1 Å². The monoisotopic (exact) mass is 426 g/mol. The van der Waals surface area contributed by atoms with Crippen LogP contribution in [0.3, 0.4) is 0 Å². The van der Waals surface area contributed by atoms with Crippen molar-refractivity contribution >= 4 is 35.0 Å². The Morgan fingerprint density at radius 2 is 1.87 bits per heavy atom. The molecule has 1 aliphatic rings. The normalized spacial score (nSPS) is 12.6. The first kappa shape index (κ1) is 19.8. The first-order valence-electron chi connectivity index (χ1n) is 9.30. The second-order valence-electron chi connectivity index (χ2n) is 6.45. The molecule has 0 atom stereocenters. The number of nitrogens with zero attached hydrogens (tertiary/aromatic N) is 4. The maximum Gasteiger partial charge on any atom is 0.414 e. The van der Waals surface area contributed by atoms with E-state index >= 15 is 0 Å². The lowest BCUT2D eigenvalue weighted by Gasteiger charge is -2.24. The first-order valence-corrected chi connectivity index (χ1v) is 9.68. The van der Waals surface area contributed by atoms with Gasteiger partial charge in [0.2, 0.25) is 5.82 Å². The average molecular weight is 427 g/mol. The van der Waals surface area contributed by atoms with Gasteiger partial charge in [0, 0.05) is 10.6 Å². The fourth-order valence-electron chi connectivity index (χ4n) is 2.78. The van der Waals surface area contributed by atoms with Crippen LogP contribution in [-0.2, 0) is 4.74 Å². The van der Waals surface area contributed by atoms with Crippen LogP contribution in [0.15, 0.2) is 60.0 Å². The number of imidazole rings is 1. The number of aryl methyl sites for hydroxylation is 1. The summed E-state index contributed by atoms with van der Waals surface area (Å²) in [6.07, 6.45) is 1.40. The Bertz CT molecular complexity index is 1080. The summed E-state index contributed by atoms with van der Waals surface area (Å²) >= 11 is 5.87. The number of ether oxygens (including phenoxy) is 2. The molecule has 0 amide bonds. The maximum absolute atomic E-state index is 12.4. The van der Waals surface area contributed by atoms with Gasteiger partial charge in [-0.15, -0.1) is 4.73 Å². The lowest BCUT2D eigenvalue weighted by atomic mass is 10.1. The lowest BCUT2D eigenvalue weighted by molar-refractivity contribution is 0.0855. The Morgan fingerprint density at radius 1 is 1.13 bits per heavy atom. The minimum atomic E-state index is -0.250. The summed E-state index contributed by atoms with van der Waals surface area (Å²) in [5.41, 5.74) is 2.35. The minimum Gasteiger partial charge on any atom is -0.441 e. The molecular formula is C21H19ClN4O4. The predicted molar refractivity (Wildman–Crippen MR) is 112 cm³/mol. The number of anilines is 2. The van der Waals surface area contributed by atoms with Crippen molar-refractivity contribution in [3.63, 3.8) is 0 Å². The Balaban J connectivity index is 1.58. The summed E-state index contributed by atoms with van der Waals surface area (Å²) < 4.78 is 12.7. The van der Waals surface area contributed by atoms with Gasteiger partial charge in [-0.1, -0.05) is 34.4 Å². The summed E-state index contributed by atoms with van der Waals surface area (Å²) in [6, 6.07) is 14.3. The number of hydrazone groups is 1. The van der Waals surface area contributed by atoms with E-state index < -0.39 is 0 Å². The molecule has 30 heavy (non-hydrogen) atoms. The van der Waals surface area contributed by atoms with Crippen molar-refractivity contribution in [1.82, 2.24) is 9.71 Å². The van der Waals surface area contributed by atoms with E-state index in [1.54, 1.807) is 29.3 Å². The zero-order valence-electron chi connectivity index (χ0n) is 16.4. The number of hydrogen-bond donors (Lipinski definition) is 0. The molecule has 154 valence electrons. The summed E-state index contributed by atoms with van der Waals surface area (Å²) in [5.74, 6) is 0.522. The lowest BCUT2D eigenvalue weighted by Crippen LogP contribution is -2.29. The minimum absolute atomic E-state index is 0.0909. The van der Waals surface area contributed by atoms with Gasteiger partial charge in [0.05, 0.1) is 5.69 Å². The predicted octanol–water partition coefficient (Wildman–Crippen LogP) is 3.99. The second kappa shape index (κ2) is 8.46. The number of hydrogen-bond acceptors (Lipinski definition) is 7. The largest absolute Gasteiger partial charge is 0.441 e. The third-order valence-electron chi connectivity index (χ3n) is 4.28. The zero-order chi connectivity index (χ0) is 21.1. The van der Waals surface area contributed by atoms with E-state index in [-0.39, 0.29) is 18.5 Å². The van der Waals surface area contributed by atoms with Crippen molar-refractivity contribution in [3.05, 3.63) is 71.0 Å². The van der Waals surface area contributed by atoms with E-state index in [0.717, 1.165) is 11.3 Å². The third kappa shape index (κ3) is 4.08. The summed E-state index contributed by atoms with van der Waals surface area (Å²) in [5, 5.41) is 6.51. The topological polar surface area (TPSA) is 78.2 Å². The number of benzene rings is 2. The highest BCUT2D eigenvalue weighted by Crippen LogP contribution is 2.36. The van der Waals surface area contributed by atoms with Crippen molar-refractivity contribution in [2.75, 3.05) is 18.2 Å². The molecule has 9 heteroatoms. The van der Waals surface area contributed by atoms with E-state index in [2.05, 4.69) is 10.1 Å². The second-order valence-corrected chi connectivity index (χ2v) is 6.89. The third-order valence-corrected chi connectivity index (χ3v) is 4.53. The molecule has 3 aromatic rings. The number of aromatic nitrogens is 2. The van der Waals surface area contributed by atoms with Crippen LogP contribution < -0.4 is 14.6 Å². The average Bonchev–Trinajstić information content (AvgIpc) is 3.16. The highest BCUT2D eigenvalue weighted by Gasteiger charge is 2.30. The zero-order valence-corrected chi connectivity index (χ0v) is 17.2. The number of carbonyl (C=O) groups excluding carboxylic acids is 1. The quantitative estimate of drug-likeness (QED) is 0.554. The van der Waals surface area contributed by atoms with Crippen molar-refractivity contribution in [2.45, 2.75) is 13.8 Å². The fourth-order valence-corrected chi connectivity index (χ4v) is 2.91. The molecule has 4 rings (SSSR count). The van der Waals surface area contributed by atoms with Crippen LogP contribution in [0.2, 0.25) is 5.02 Å². The van der Waals surface area contributed by atoms with Gasteiger partial charge < -0.3 is 14.3 Å². The highest BCUT2D eigenvalue weighted by molar-refractivity contribution is 6.30. The highest BCUT2D eigenvalue weighted by atomic mass is 35.5. The van der Waals surface area contributed by atoms with Gasteiger partial charge >= 0.3 is 6.08 Å². The molecule has 2 aromatic carbocycles. The Labute approximate surface area is 178 Å². The molecular weight excluding hydrogens is 408 g/mol. The van der Waals surface area contributed by atoms with E-state index in [1.807, 2.05) is 38.1 Å². The molecule has 1 aliphatic heterocycles. The van der Waals surface area contributed by atoms with Crippen LogP contribution >= 0.6 is 11.6 Å². The molecule has 0 bridgehead atoms. The summed E-state index contributed by atoms with van der Waals surface area (Å²) in [4.78, 5) is 22.3. The van der Waals surface area contributed by atoms with Gasteiger partial charge in [-0.05, 0) is 50.2 Å². The van der Waals surface area contributed by atoms with Crippen LogP contribution in [0.1, 0.15) is 22.8 Å². The van der Waals surface area contributed by atoms with Crippen molar-refractivity contribution in [3.8, 4) is 5.88 Å². The van der Waals surface area contributed by atoms with Crippen LogP contribution in [0, 0.1) is 6.92 Å². The van der Waals surface area contributed by atoms with Gasteiger partial charge in [0.15, 0.2) is 12.4 Å².